The van der Waals surface area contributed by atoms with Crippen LogP contribution in [0.5, 0.6) is 0 Å². The molecule has 1 saturated carbocycles. The van der Waals surface area contributed by atoms with E-state index in [1.54, 1.807) is 6.20 Å². The monoisotopic (exact) mass is 208 g/mol. The first-order valence-corrected chi connectivity index (χ1v) is 5.50. The van der Waals surface area contributed by atoms with Crippen molar-refractivity contribution in [1.29, 1.82) is 0 Å². The summed E-state index contributed by atoms with van der Waals surface area (Å²) >= 11 is 0. The average Bonchev–Trinajstić information content (AvgIpc) is 2.17. The third-order valence-electron chi connectivity index (χ3n) is 3.31. The molecule has 0 saturated heterocycles. The zero-order chi connectivity index (χ0) is 10.9. The molecular weight excluding hydrogens is 191 g/mol. The molecule has 0 aromatic carbocycles. The van der Waals surface area contributed by atoms with Gasteiger partial charge in [0.25, 0.3) is 0 Å². The highest BCUT2D eigenvalue weighted by atomic mass is 19.1. The van der Waals surface area contributed by atoms with Crippen molar-refractivity contribution in [2.75, 3.05) is 0 Å². The van der Waals surface area contributed by atoms with Crippen LogP contribution in [0.3, 0.4) is 0 Å². The number of nitrogens with zero attached hydrogens (tertiary/aromatic N) is 1. The molecule has 1 heterocycles. The molecule has 2 unspecified atom stereocenters. The van der Waals surface area contributed by atoms with E-state index in [-0.39, 0.29) is 11.4 Å². The number of nitrogens with two attached hydrogens (primary N) is 1. The molecule has 1 aliphatic carbocycles. The zero-order valence-electron chi connectivity index (χ0n) is 9.04. The zero-order valence-corrected chi connectivity index (χ0v) is 9.04. The lowest BCUT2D eigenvalue weighted by atomic mass is 9.73. The van der Waals surface area contributed by atoms with Gasteiger partial charge in [-0.1, -0.05) is 19.8 Å². The second-order valence-corrected chi connectivity index (χ2v) is 4.75. The number of aromatic nitrogens is 1. The van der Waals surface area contributed by atoms with Crippen LogP contribution in [0.2, 0.25) is 0 Å². The van der Waals surface area contributed by atoms with E-state index in [1.165, 1.54) is 18.7 Å². The van der Waals surface area contributed by atoms with Crippen molar-refractivity contribution in [2.45, 2.75) is 38.1 Å². The quantitative estimate of drug-likeness (QED) is 0.770. The fraction of sp³-hybridized carbons (Fsp3) is 0.583. The largest absolute Gasteiger partial charge is 0.321 e. The molecule has 3 heteroatoms. The average molecular weight is 208 g/mol. The highest BCUT2D eigenvalue weighted by Crippen LogP contribution is 2.37. The van der Waals surface area contributed by atoms with Crippen LogP contribution in [0.15, 0.2) is 18.5 Å². The maximum absolute atomic E-state index is 13.1. The van der Waals surface area contributed by atoms with Gasteiger partial charge in [-0.05, 0) is 30.4 Å². The number of rotatable bonds is 1. The molecule has 0 radical (unpaired) electrons. The number of pyridine rings is 1. The molecule has 15 heavy (non-hydrogen) atoms. The van der Waals surface area contributed by atoms with Crippen molar-refractivity contribution in [3.63, 3.8) is 0 Å². The van der Waals surface area contributed by atoms with Gasteiger partial charge >= 0.3 is 0 Å². The number of hydrogen-bond donors (Lipinski definition) is 1. The van der Waals surface area contributed by atoms with E-state index in [0.29, 0.717) is 5.92 Å². The highest BCUT2D eigenvalue weighted by Gasteiger charge is 2.33. The highest BCUT2D eigenvalue weighted by molar-refractivity contribution is 5.21. The molecule has 2 atom stereocenters. The first kappa shape index (κ1) is 10.6. The van der Waals surface area contributed by atoms with E-state index < -0.39 is 0 Å². The van der Waals surface area contributed by atoms with Gasteiger partial charge in [-0.2, -0.15) is 0 Å². The van der Waals surface area contributed by atoms with Gasteiger partial charge in [-0.15, -0.1) is 0 Å². The first-order valence-electron chi connectivity index (χ1n) is 5.50. The van der Waals surface area contributed by atoms with Gasteiger partial charge in [0.1, 0.15) is 5.82 Å². The summed E-state index contributed by atoms with van der Waals surface area (Å²) in [6, 6.07) is 1.52. The molecular formula is C12H17FN2. The van der Waals surface area contributed by atoms with E-state index in [1.807, 2.05) is 0 Å². The van der Waals surface area contributed by atoms with Gasteiger partial charge in [-0.3, -0.25) is 4.98 Å². The second-order valence-electron chi connectivity index (χ2n) is 4.75. The van der Waals surface area contributed by atoms with Crippen LogP contribution in [0, 0.1) is 11.7 Å². The van der Waals surface area contributed by atoms with Crippen LogP contribution in [0.25, 0.3) is 0 Å². The van der Waals surface area contributed by atoms with E-state index in [0.717, 1.165) is 24.8 Å². The fourth-order valence-corrected chi connectivity index (χ4v) is 2.54. The first-order chi connectivity index (χ1) is 7.10. The van der Waals surface area contributed by atoms with Crippen LogP contribution < -0.4 is 5.73 Å². The summed E-state index contributed by atoms with van der Waals surface area (Å²) in [5.41, 5.74) is 6.81. The summed E-state index contributed by atoms with van der Waals surface area (Å²) in [5.74, 6) is 0.322. The number of hydrogen-bond acceptors (Lipinski definition) is 2. The fourth-order valence-electron chi connectivity index (χ4n) is 2.54. The Labute approximate surface area is 89.7 Å². The van der Waals surface area contributed by atoms with Crippen molar-refractivity contribution >= 4 is 0 Å². The minimum atomic E-state index is -0.368. The Hall–Kier alpha value is -0.960. The molecule has 0 amide bonds. The van der Waals surface area contributed by atoms with Crippen molar-refractivity contribution in [3.05, 3.63) is 29.8 Å². The van der Waals surface area contributed by atoms with Crippen molar-refractivity contribution in [3.8, 4) is 0 Å². The molecule has 1 aromatic rings. The van der Waals surface area contributed by atoms with Gasteiger partial charge in [0, 0.05) is 11.7 Å². The Morgan fingerprint density at radius 2 is 2.33 bits per heavy atom. The topological polar surface area (TPSA) is 38.9 Å². The van der Waals surface area contributed by atoms with E-state index in [9.17, 15) is 4.39 Å². The molecule has 0 aliphatic heterocycles. The molecule has 0 bridgehead atoms. The van der Waals surface area contributed by atoms with E-state index >= 15 is 0 Å². The lowest BCUT2D eigenvalue weighted by Gasteiger charge is -2.37. The summed E-state index contributed by atoms with van der Waals surface area (Å²) in [6.07, 6.45) is 7.12. The maximum atomic E-state index is 13.1. The number of halogens is 1. The second kappa shape index (κ2) is 3.89. The lowest BCUT2D eigenvalue weighted by Crippen LogP contribution is -2.41. The Balaban J connectivity index is 2.28. The van der Waals surface area contributed by atoms with Crippen LogP contribution in [0.4, 0.5) is 4.39 Å². The minimum absolute atomic E-state index is 0.296. The van der Waals surface area contributed by atoms with Gasteiger partial charge in [0.2, 0.25) is 0 Å². The summed E-state index contributed by atoms with van der Waals surface area (Å²) < 4.78 is 13.1. The van der Waals surface area contributed by atoms with E-state index in [2.05, 4.69) is 11.9 Å². The molecule has 2 nitrogen and oxygen atoms in total. The predicted octanol–water partition coefficient (Wildman–Crippen LogP) is 2.58. The Morgan fingerprint density at radius 3 is 3.00 bits per heavy atom. The summed E-state index contributed by atoms with van der Waals surface area (Å²) in [4.78, 5) is 3.87. The molecule has 82 valence electrons. The molecule has 2 rings (SSSR count). The molecule has 0 spiro atoms. The van der Waals surface area contributed by atoms with Gasteiger partial charge in [-0.25, -0.2) is 4.39 Å². The van der Waals surface area contributed by atoms with Crippen molar-refractivity contribution in [1.82, 2.24) is 4.98 Å². The molecule has 1 aromatic heterocycles. The standard InChI is InChI=1S/C12H17FN2/c1-9-3-2-4-12(14,6-9)10-5-11(13)8-15-7-10/h5,7-9H,2-4,6,14H2,1H3. The van der Waals surface area contributed by atoms with E-state index in [4.69, 9.17) is 5.73 Å². The van der Waals surface area contributed by atoms with Crippen LogP contribution in [-0.4, -0.2) is 4.98 Å². The Morgan fingerprint density at radius 1 is 1.53 bits per heavy atom. The SMILES string of the molecule is CC1CCCC(N)(c2cncc(F)c2)C1. The smallest absolute Gasteiger partial charge is 0.141 e. The summed E-state index contributed by atoms with van der Waals surface area (Å²) in [6.45, 7) is 2.20. The molecule has 1 fully saturated rings. The Bertz CT molecular complexity index is 353. The lowest BCUT2D eigenvalue weighted by molar-refractivity contribution is 0.238. The van der Waals surface area contributed by atoms with Crippen molar-refractivity contribution in [2.24, 2.45) is 11.7 Å². The van der Waals surface area contributed by atoms with Gasteiger partial charge in [0.05, 0.1) is 6.20 Å². The third-order valence-corrected chi connectivity index (χ3v) is 3.31. The molecule has 1 aliphatic rings. The third kappa shape index (κ3) is 2.17. The minimum Gasteiger partial charge on any atom is -0.321 e. The molecule has 2 N–H and O–H groups in total. The van der Waals surface area contributed by atoms with Crippen LogP contribution in [-0.2, 0) is 5.54 Å². The van der Waals surface area contributed by atoms with Gasteiger partial charge < -0.3 is 5.73 Å². The Kier molecular flexibility index (Phi) is 2.74. The van der Waals surface area contributed by atoms with Crippen molar-refractivity contribution < 1.29 is 4.39 Å². The summed E-state index contributed by atoms with van der Waals surface area (Å²) in [7, 11) is 0. The van der Waals surface area contributed by atoms with Crippen LogP contribution >= 0.6 is 0 Å². The normalized spacial score (nSPS) is 31.5. The maximum Gasteiger partial charge on any atom is 0.141 e. The summed E-state index contributed by atoms with van der Waals surface area (Å²) in [5, 5.41) is 0. The van der Waals surface area contributed by atoms with Gasteiger partial charge in [0.15, 0.2) is 0 Å². The predicted molar refractivity (Wildman–Crippen MR) is 57.7 cm³/mol. The van der Waals surface area contributed by atoms with Crippen LogP contribution in [0.1, 0.15) is 38.2 Å².